The summed E-state index contributed by atoms with van der Waals surface area (Å²) >= 11 is 0. The van der Waals surface area contributed by atoms with Gasteiger partial charge in [0.2, 0.25) is 0 Å². The van der Waals surface area contributed by atoms with Crippen molar-refractivity contribution >= 4 is 5.97 Å². The van der Waals surface area contributed by atoms with Gasteiger partial charge in [0.1, 0.15) is 12.4 Å². The normalized spacial score (nSPS) is 13.5. The van der Waals surface area contributed by atoms with Crippen LogP contribution in [0, 0.1) is 0 Å². The number of aliphatic hydroxyl groups is 1. The Labute approximate surface area is 93.6 Å². The molecule has 0 fully saturated rings. The fourth-order valence-electron chi connectivity index (χ4n) is 1.12. The SMILES string of the molecule is CC(C)(C)OC(=O)C(OCO)c1cnc[nH]1. The number of imidazole rings is 1. The molecule has 0 saturated carbocycles. The number of nitrogens with zero attached hydrogens (tertiary/aromatic N) is 1. The highest BCUT2D eigenvalue weighted by molar-refractivity contribution is 5.76. The first-order valence-electron chi connectivity index (χ1n) is 4.87. The van der Waals surface area contributed by atoms with Crippen molar-refractivity contribution in [1.82, 2.24) is 9.97 Å². The van der Waals surface area contributed by atoms with E-state index in [1.807, 2.05) is 0 Å². The fraction of sp³-hybridized carbons (Fsp3) is 0.600. The van der Waals surface area contributed by atoms with E-state index in [-0.39, 0.29) is 0 Å². The Bertz CT molecular complexity index is 329. The van der Waals surface area contributed by atoms with E-state index in [0.717, 1.165) is 0 Å². The van der Waals surface area contributed by atoms with Gasteiger partial charge in [-0.05, 0) is 20.8 Å². The number of H-pyrrole nitrogens is 1. The van der Waals surface area contributed by atoms with E-state index in [4.69, 9.17) is 14.6 Å². The van der Waals surface area contributed by atoms with E-state index in [2.05, 4.69) is 9.97 Å². The van der Waals surface area contributed by atoms with Gasteiger partial charge in [0.15, 0.2) is 6.10 Å². The van der Waals surface area contributed by atoms with Crippen molar-refractivity contribution in [2.75, 3.05) is 6.79 Å². The van der Waals surface area contributed by atoms with Gasteiger partial charge in [-0.15, -0.1) is 0 Å². The molecule has 1 aromatic rings. The van der Waals surface area contributed by atoms with Crippen molar-refractivity contribution in [3.05, 3.63) is 18.2 Å². The van der Waals surface area contributed by atoms with Gasteiger partial charge in [0, 0.05) is 0 Å². The standard InChI is InChI=1S/C10H16N2O4/c1-10(2,3)16-9(14)8(15-6-13)7-4-11-5-12-7/h4-5,8,13H,6H2,1-3H3,(H,11,12). The topological polar surface area (TPSA) is 84.4 Å². The molecule has 1 atom stereocenters. The minimum atomic E-state index is -0.980. The molecule has 1 heterocycles. The molecular formula is C10H16N2O4. The number of nitrogens with one attached hydrogen (secondary N) is 1. The van der Waals surface area contributed by atoms with E-state index in [1.54, 1.807) is 20.8 Å². The number of aromatic nitrogens is 2. The van der Waals surface area contributed by atoms with Gasteiger partial charge >= 0.3 is 5.97 Å². The molecule has 90 valence electrons. The Kier molecular flexibility index (Phi) is 4.03. The lowest BCUT2D eigenvalue weighted by molar-refractivity contribution is -0.175. The van der Waals surface area contributed by atoms with Gasteiger partial charge in [0.25, 0.3) is 0 Å². The summed E-state index contributed by atoms with van der Waals surface area (Å²) in [5.41, 5.74) is -0.156. The summed E-state index contributed by atoms with van der Waals surface area (Å²) in [7, 11) is 0. The Balaban J connectivity index is 2.75. The Morgan fingerprint density at radius 2 is 2.31 bits per heavy atom. The molecule has 6 nitrogen and oxygen atoms in total. The number of esters is 1. The summed E-state index contributed by atoms with van der Waals surface area (Å²) in [5, 5.41) is 8.72. The number of hydrogen-bond donors (Lipinski definition) is 2. The number of hydrogen-bond acceptors (Lipinski definition) is 5. The van der Waals surface area contributed by atoms with Crippen LogP contribution in [-0.4, -0.2) is 33.4 Å². The van der Waals surface area contributed by atoms with E-state index >= 15 is 0 Å². The lowest BCUT2D eigenvalue weighted by atomic mass is 10.2. The minimum absolute atomic E-state index is 0.448. The summed E-state index contributed by atoms with van der Waals surface area (Å²) in [6.07, 6.45) is 1.89. The molecule has 0 aromatic carbocycles. The molecule has 1 rings (SSSR count). The number of ether oxygens (including phenoxy) is 2. The highest BCUT2D eigenvalue weighted by Crippen LogP contribution is 2.19. The summed E-state index contributed by atoms with van der Waals surface area (Å²) in [6.45, 7) is 4.71. The van der Waals surface area contributed by atoms with Crippen LogP contribution in [0.15, 0.2) is 12.5 Å². The smallest absolute Gasteiger partial charge is 0.342 e. The molecule has 1 unspecified atom stereocenters. The van der Waals surface area contributed by atoms with Crippen LogP contribution in [0.2, 0.25) is 0 Å². The van der Waals surface area contributed by atoms with Crippen molar-refractivity contribution in [3.63, 3.8) is 0 Å². The van der Waals surface area contributed by atoms with Crippen molar-refractivity contribution < 1.29 is 19.4 Å². The third kappa shape index (κ3) is 3.63. The third-order valence-electron chi connectivity index (χ3n) is 1.66. The van der Waals surface area contributed by atoms with Crippen LogP contribution < -0.4 is 0 Å². The molecule has 0 amide bonds. The van der Waals surface area contributed by atoms with Gasteiger partial charge < -0.3 is 19.6 Å². The molecule has 0 radical (unpaired) electrons. The first kappa shape index (κ1) is 12.7. The van der Waals surface area contributed by atoms with Crippen molar-refractivity contribution in [1.29, 1.82) is 0 Å². The zero-order valence-electron chi connectivity index (χ0n) is 9.56. The first-order valence-corrected chi connectivity index (χ1v) is 4.87. The molecule has 1 aromatic heterocycles. The van der Waals surface area contributed by atoms with E-state index in [9.17, 15) is 4.79 Å². The third-order valence-corrected chi connectivity index (χ3v) is 1.66. The number of carbonyl (C=O) groups excluding carboxylic acids is 1. The fourth-order valence-corrected chi connectivity index (χ4v) is 1.12. The average molecular weight is 228 g/mol. The summed E-state index contributed by atoms with van der Waals surface area (Å²) in [4.78, 5) is 18.3. The zero-order valence-corrected chi connectivity index (χ0v) is 9.56. The number of carbonyl (C=O) groups is 1. The van der Waals surface area contributed by atoms with E-state index in [1.165, 1.54) is 12.5 Å². The molecule has 6 heteroatoms. The van der Waals surface area contributed by atoms with Crippen LogP contribution >= 0.6 is 0 Å². The summed E-state index contributed by atoms with van der Waals surface area (Å²) in [5.74, 6) is -0.564. The van der Waals surface area contributed by atoms with Gasteiger partial charge in [-0.25, -0.2) is 9.78 Å². The molecule has 0 spiro atoms. The van der Waals surface area contributed by atoms with Crippen LogP contribution in [0.3, 0.4) is 0 Å². The molecule has 0 aliphatic carbocycles. The minimum Gasteiger partial charge on any atom is -0.458 e. The second-order valence-electron chi connectivity index (χ2n) is 4.22. The van der Waals surface area contributed by atoms with Gasteiger partial charge in [-0.2, -0.15) is 0 Å². The second kappa shape index (κ2) is 5.09. The van der Waals surface area contributed by atoms with Crippen molar-refractivity contribution in [2.24, 2.45) is 0 Å². The molecule has 16 heavy (non-hydrogen) atoms. The number of rotatable bonds is 4. The summed E-state index contributed by atoms with van der Waals surface area (Å²) < 4.78 is 10.1. The van der Waals surface area contributed by atoms with E-state index in [0.29, 0.717) is 5.69 Å². The van der Waals surface area contributed by atoms with Gasteiger partial charge in [-0.3, -0.25) is 0 Å². The predicted molar refractivity (Wildman–Crippen MR) is 55.3 cm³/mol. The van der Waals surface area contributed by atoms with Gasteiger partial charge in [-0.1, -0.05) is 0 Å². The Hall–Kier alpha value is -1.40. The zero-order chi connectivity index (χ0) is 12.2. The van der Waals surface area contributed by atoms with Gasteiger partial charge in [0.05, 0.1) is 18.2 Å². The van der Waals surface area contributed by atoms with Crippen molar-refractivity contribution in [3.8, 4) is 0 Å². The number of aromatic amines is 1. The van der Waals surface area contributed by atoms with Crippen LogP contribution in [0.4, 0.5) is 0 Å². The monoisotopic (exact) mass is 228 g/mol. The Morgan fingerprint density at radius 1 is 1.62 bits per heavy atom. The lowest BCUT2D eigenvalue weighted by Gasteiger charge is -2.22. The molecule has 2 N–H and O–H groups in total. The highest BCUT2D eigenvalue weighted by Gasteiger charge is 2.28. The average Bonchev–Trinajstić information content (AvgIpc) is 2.63. The van der Waals surface area contributed by atoms with Crippen LogP contribution in [0.1, 0.15) is 32.6 Å². The van der Waals surface area contributed by atoms with E-state index < -0.39 is 24.5 Å². The maximum atomic E-state index is 11.7. The molecule has 0 aliphatic rings. The predicted octanol–water partition coefficient (Wildman–Crippen LogP) is 0.759. The molecule has 0 bridgehead atoms. The van der Waals surface area contributed by atoms with Crippen LogP contribution in [-0.2, 0) is 14.3 Å². The second-order valence-corrected chi connectivity index (χ2v) is 4.22. The summed E-state index contributed by atoms with van der Waals surface area (Å²) in [6, 6.07) is 0. The van der Waals surface area contributed by atoms with Crippen LogP contribution in [0.25, 0.3) is 0 Å². The number of aliphatic hydroxyl groups excluding tert-OH is 1. The molecule has 0 aliphatic heterocycles. The van der Waals surface area contributed by atoms with Crippen LogP contribution in [0.5, 0.6) is 0 Å². The van der Waals surface area contributed by atoms with Crippen molar-refractivity contribution in [2.45, 2.75) is 32.5 Å². The Morgan fingerprint density at radius 3 is 2.75 bits per heavy atom. The maximum Gasteiger partial charge on any atom is 0.342 e. The lowest BCUT2D eigenvalue weighted by Crippen LogP contribution is -2.29. The molecule has 0 saturated heterocycles. The molecular weight excluding hydrogens is 212 g/mol. The quantitative estimate of drug-likeness (QED) is 0.587. The largest absolute Gasteiger partial charge is 0.458 e. The highest BCUT2D eigenvalue weighted by atomic mass is 16.6. The maximum absolute atomic E-state index is 11.7. The first-order chi connectivity index (χ1) is 7.44.